The fourth-order valence-corrected chi connectivity index (χ4v) is 1.05. The van der Waals surface area contributed by atoms with Crippen LogP contribution in [0.2, 0.25) is 0 Å². The molecule has 0 unspecified atom stereocenters. The van der Waals surface area contributed by atoms with Crippen molar-refractivity contribution in [3.05, 3.63) is 18.2 Å². The first-order chi connectivity index (χ1) is 5.79. The summed E-state index contributed by atoms with van der Waals surface area (Å²) in [5, 5.41) is 7.00. The minimum absolute atomic E-state index is 0.277. The van der Waals surface area contributed by atoms with Crippen LogP contribution in [0.4, 0.5) is 0 Å². The summed E-state index contributed by atoms with van der Waals surface area (Å²) in [6.45, 7) is 0. The molecule has 0 amide bonds. The molecule has 0 aliphatic rings. The molecule has 0 aliphatic heterocycles. The average molecular weight is 166 g/mol. The fourth-order valence-electron chi connectivity index (χ4n) is 1.05. The fraction of sp³-hybridized carbons (Fsp3) is 0.500. The molecular weight excluding hydrogens is 152 g/mol. The van der Waals surface area contributed by atoms with Crippen LogP contribution in [0.5, 0.6) is 0 Å². The van der Waals surface area contributed by atoms with E-state index in [4.69, 9.17) is 11.1 Å². The highest BCUT2D eigenvalue weighted by molar-refractivity contribution is 5.76. The van der Waals surface area contributed by atoms with Crippen LogP contribution >= 0.6 is 0 Å². The number of aryl methyl sites for hydroxylation is 1. The summed E-state index contributed by atoms with van der Waals surface area (Å²) >= 11 is 0. The van der Waals surface area contributed by atoms with Crippen molar-refractivity contribution >= 4 is 5.84 Å². The Balaban J connectivity index is 2.07. The monoisotopic (exact) mass is 166 g/mol. The SMILES string of the molecule is N=C(N)CCCCc1cnc[nH]1. The number of aromatic nitrogens is 2. The second kappa shape index (κ2) is 4.54. The van der Waals surface area contributed by atoms with Gasteiger partial charge in [-0.3, -0.25) is 5.41 Å². The first kappa shape index (κ1) is 8.77. The van der Waals surface area contributed by atoms with Crippen molar-refractivity contribution in [2.45, 2.75) is 25.7 Å². The van der Waals surface area contributed by atoms with Gasteiger partial charge in [-0.15, -0.1) is 0 Å². The Labute approximate surface area is 71.7 Å². The molecule has 0 aromatic carbocycles. The largest absolute Gasteiger partial charge is 0.388 e. The Morgan fingerprint density at radius 3 is 3.00 bits per heavy atom. The van der Waals surface area contributed by atoms with Crippen molar-refractivity contribution in [2.75, 3.05) is 0 Å². The second-order valence-electron chi connectivity index (χ2n) is 2.81. The standard InChI is InChI=1S/C8H14N4/c9-8(10)4-2-1-3-7-5-11-6-12-7/h5-6H,1-4H2,(H3,9,10)(H,11,12). The topological polar surface area (TPSA) is 78.6 Å². The summed E-state index contributed by atoms with van der Waals surface area (Å²) in [6.07, 6.45) is 7.24. The molecule has 4 heteroatoms. The van der Waals surface area contributed by atoms with Gasteiger partial charge in [0.15, 0.2) is 0 Å². The molecule has 1 aromatic heterocycles. The molecule has 66 valence electrons. The van der Waals surface area contributed by atoms with E-state index in [2.05, 4.69) is 9.97 Å². The van der Waals surface area contributed by atoms with Gasteiger partial charge in [0.25, 0.3) is 0 Å². The Kier molecular flexibility index (Phi) is 3.32. The van der Waals surface area contributed by atoms with E-state index < -0.39 is 0 Å². The van der Waals surface area contributed by atoms with Crippen LogP contribution in [-0.2, 0) is 6.42 Å². The zero-order valence-corrected chi connectivity index (χ0v) is 7.01. The lowest BCUT2D eigenvalue weighted by molar-refractivity contribution is 0.747. The van der Waals surface area contributed by atoms with Crippen molar-refractivity contribution in [3.8, 4) is 0 Å². The first-order valence-corrected chi connectivity index (χ1v) is 4.09. The number of hydrogen-bond donors (Lipinski definition) is 3. The van der Waals surface area contributed by atoms with Crippen LogP contribution in [0, 0.1) is 5.41 Å². The van der Waals surface area contributed by atoms with Gasteiger partial charge in [0, 0.05) is 18.3 Å². The third kappa shape index (κ3) is 3.18. The van der Waals surface area contributed by atoms with Crippen LogP contribution < -0.4 is 5.73 Å². The van der Waals surface area contributed by atoms with Crippen molar-refractivity contribution < 1.29 is 0 Å². The molecule has 4 N–H and O–H groups in total. The maximum atomic E-state index is 7.00. The van der Waals surface area contributed by atoms with Crippen molar-refractivity contribution in [3.63, 3.8) is 0 Å². The van der Waals surface area contributed by atoms with E-state index in [9.17, 15) is 0 Å². The highest BCUT2D eigenvalue weighted by atomic mass is 14.9. The number of rotatable bonds is 5. The minimum Gasteiger partial charge on any atom is -0.388 e. The summed E-state index contributed by atoms with van der Waals surface area (Å²) in [5.74, 6) is 0.277. The Morgan fingerprint density at radius 1 is 1.58 bits per heavy atom. The maximum absolute atomic E-state index is 7.00. The number of nitrogens with one attached hydrogen (secondary N) is 2. The molecule has 1 aromatic rings. The lowest BCUT2D eigenvalue weighted by Gasteiger charge is -1.97. The lowest BCUT2D eigenvalue weighted by Crippen LogP contribution is -2.08. The van der Waals surface area contributed by atoms with Gasteiger partial charge in [0.1, 0.15) is 0 Å². The number of aromatic amines is 1. The van der Waals surface area contributed by atoms with Crippen LogP contribution in [0.25, 0.3) is 0 Å². The van der Waals surface area contributed by atoms with Gasteiger partial charge in [-0.1, -0.05) is 0 Å². The Morgan fingerprint density at radius 2 is 2.42 bits per heavy atom. The summed E-state index contributed by atoms with van der Waals surface area (Å²) in [6, 6.07) is 0. The Hall–Kier alpha value is -1.32. The van der Waals surface area contributed by atoms with Gasteiger partial charge in [-0.2, -0.15) is 0 Å². The lowest BCUT2D eigenvalue weighted by atomic mass is 10.1. The zero-order valence-electron chi connectivity index (χ0n) is 7.01. The quantitative estimate of drug-likeness (QED) is 0.347. The van der Waals surface area contributed by atoms with E-state index in [-0.39, 0.29) is 5.84 Å². The number of H-pyrrole nitrogens is 1. The van der Waals surface area contributed by atoms with Crippen LogP contribution in [-0.4, -0.2) is 15.8 Å². The average Bonchev–Trinajstić information content (AvgIpc) is 2.49. The molecule has 0 bridgehead atoms. The van der Waals surface area contributed by atoms with Crippen molar-refractivity contribution in [1.29, 1.82) is 5.41 Å². The smallest absolute Gasteiger partial charge is 0.0921 e. The zero-order chi connectivity index (χ0) is 8.81. The van der Waals surface area contributed by atoms with Crippen molar-refractivity contribution in [2.24, 2.45) is 5.73 Å². The number of imidazole rings is 1. The molecule has 1 heterocycles. The third-order valence-electron chi connectivity index (χ3n) is 1.70. The van der Waals surface area contributed by atoms with Gasteiger partial charge in [-0.05, 0) is 19.3 Å². The van der Waals surface area contributed by atoms with Gasteiger partial charge in [0.05, 0.1) is 12.2 Å². The van der Waals surface area contributed by atoms with Crippen LogP contribution in [0.3, 0.4) is 0 Å². The number of unbranched alkanes of at least 4 members (excludes halogenated alkanes) is 1. The number of nitrogens with two attached hydrogens (primary N) is 1. The van der Waals surface area contributed by atoms with Gasteiger partial charge >= 0.3 is 0 Å². The predicted molar refractivity (Wildman–Crippen MR) is 48.1 cm³/mol. The molecule has 12 heavy (non-hydrogen) atoms. The predicted octanol–water partition coefficient (Wildman–Crippen LogP) is 1.06. The molecule has 1 rings (SSSR count). The molecule has 0 radical (unpaired) electrons. The van der Waals surface area contributed by atoms with E-state index in [1.807, 2.05) is 6.20 Å². The second-order valence-corrected chi connectivity index (χ2v) is 2.81. The maximum Gasteiger partial charge on any atom is 0.0921 e. The summed E-state index contributed by atoms with van der Waals surface area (Å²) in [4.78, 5) is 6.94. The highest BCUT2D eigenvalue weighted by Crippen LogP contribution is 2.01. The van der Waals surface area contributed by atoms with E-state index in [0.29, 0.717) is 6.42 Å². The number of amidine groups is 1. The molecule has 4 nitrogen and oxygen atoms in total. The van der Waals surface area contributed by atoms with E-state index >= 15 is 0 Å². The van der Waals surface area contributed by atoms with E-state index in [1.54, 1.807) is 6.33 Å². The van der Waals surface area contributed by atoms with Crippen LogP contribution in [0.15, 0.2) is 12.5 Å². The number of nitrogens with zero attached hydrogens (tertiary/aromatic N) is 1. The molecule has 0 saturated heterocycles. The van der Waals surface area contributed by atoms with E-state index in [0.717, 1.165) is 25.0 Å². The summed E-state index contributed by atoms with van der Waals surface area (Å²) in [5.41, 5.74) is 6.37. The van der Waals surface area contributed by atoms with Gasteiger partial charge in [0.2, 0.25) is 0 Å². The summed E-state index contributed by atoms with van der Waals surface area (Å²) in [7, 11) is 0. The number of hydrogen-bond acceptors (Lipinski definition) is 2. The molecule has 0 atom stereocenters. The highest BCUT2D eigenvalue weighted by Gasteiger charge is 1.94. The minimum atomic E-state index is 0.277. The van der Waals surface area contributed by atoms with Crippen LogP contribution in [0.1, 0.15) is 25.0 Å². The normalized spacial score (nSPS) is 10.0. The van der Waals surface area contributed by atoms with Gasteiger partial charge < -0.3 is 10.7 Å². The Bertz CT molecular complexity index is 227. The molecular formula is C8H14N4. The molecule has 0 saturated carbocycles. The van der Waals surface area contributed by atoms with Gasteiger partial charge in [-0.25, -0.2) is 4.98 Å². The third-order valence-corrected chi connectivity index (χ3v) is 1.70. The first-order valence-electron chi connectivity index (χ1n) is 4.09. The molecule has 0 fully saturated rings. The van der Waals surface area contributed by atoms with E-state index in [1.165, 1.54) is 0 Å². The van der Waals surface area contributed by atoms with Crippen molar-refractivity contribution in [1.82, 2.24) is 9.97 Å². The summed E-state index contributed by atoms with van der Waals surface area (Å²) < 4.78 is 0. The molecule has 0 aliphatic carbocycles. The molecule has 0 spiro atoms.